The van der Waals surface area contributed by atoms with E-state index in [1.165, 1.54) is 13.4 Å². The van der Waals surface area contributed by atoms with Gasteiger partial charge in [0.1, 0.15) is 0 Å². The fraction of sp³-hybridized carbons (Fsp3) is 0.727. The number of rotatable bonds is 4. The molecule has 15 heavy (non-hydrogen) atoms. The number of carbonyl (C=O) groups excluding carboxylic acids is 1. The Morgan fingerprint density at radius 3 is 2.87 bits per heavy atom. The van der Waals surface area contributed by atoms with Crippen molar-refractivity contribution in [1.29, 1.82) is 0 Å². The summed E-state index contributed by atoms with van der Waals surface area (Å²) in [4.78, 5) is 11.4. The zero-order valence-corrected chi connectivity index (χ0v) is 9.49. The summed E-state index contributed by atoms with van der Waals surface area (Å²) in [5, 5.41) is 0. The van der Waals surface area contributed by atoms with Crippen LogP contribution in [0.2, 0.25) is 0 Å². The highest BCUT2D eigenvalue weighted by atomic mass is 16.7. The predicted molar refractivity (Wildman–Crippen MR) is 55.0 cm³/mol. The minimum Gasteiger partial charge on any atom is -0.472 e. The lowest BCUT2D eigenvalue weighted by atomic mass is 9.92. The normalized spacial score (nSPS) is 25.4. The van der Waals surface area contributed by atoms with Crippen molar-refractivity contribution in [3.05, 3.63) is 11.8 Å². The summed E-state index contributed by atoms with van der Waals surface area (Å²) in [6.45, 7) is 4.57. The van der Waals surface area contributed by atoms with Gasteiger partial charge in [-0.05, 0) is 19.3 Å². The molecule has 1 aliphatic rings. The summed E-state index contributed by atoms with van der Waals surface area (Å²) in [6.07, 6.45) is 2.84. The standard InChI is InChI=1S/C11H18O4/c1-4-8-6-10(14-5-2)15-7-9(8)11(12)13-3/h7-8,10H,4-6H2,1-3H3/t8-,10+/m0/s1. The maximum atomic E-state index is 11.4. The first kappa shape index (κ1) is 12.0. The molecule has 86 valence electrons. The Kier molecular flexibility index (Phi) is 4.62. The summed E-state index contributed by atoms with van der Waals surface area (Å²) in [7, 11) is 1.38. The van der Waals surface area contributed by atoms with Crippen LogP contribution in [0.25, 0.3) is 0 Å². The van der Waals surface area contributed by atoms with E-state index in [0.717, 1.165) is 6.42 Å². The monoisotopic (exact) mass is 214 g/mol. The molecule has 0 spiro atoms. The van der Waals surface area contributed by atoms with Crippen LogP contribution in [0, 0.1) is 5.92 Å². The first-order chi connectivity index (χ1) is 7.22. The van der Waals surface area contributed by atoms with Gasteiger partial charge in [-0.1, -0.05) is 6.92 Å². The summed E-state index contributed by atoms with van der Waals surface area (Å²) in [5.41, 5.74) is 0.607. The number of carbonyl (C=O) groups is 1. The number of methoxy groups -OCH3 is 1. The Morgan fingerprint density at radius 2 is 2.33 bits per heavy atom. The molecule has 4 heteroatoms. The first-order valence-electron chi connectivity index (χ1n) is 5.28. The molecule has 0 saturated heterocycles. The van der Waals surface area contributed by atoms with Gasteiger partial charge in [-0.2, -0.15) is 0 Å². The smallest absolute Gasteiger partial charge is 0.337 e. The fourth-order valence-electron chi connectivity index (χ4n) is 1.67. The van der Waals surface area contributed by atoms with Crippen LogP contribution in [0.15, 0.2) is 11.8 Å². The second-order valence-electron chi connectivity index (χ2n) is 3.43. The molecule has 1 heterocycles. The van der Waals surface area contributed by atoms with Crippen molar-refractivity contribution in [3.8, 4) is 0 Å². The quantitative estimate of drug-likeness (QED) is 0.670. The zero-order chi connectivity index (χ0) is 11.3. The topological polar surface area (TPSA) is 44.8 Å². The molecule has 0 N–H and O–H groups in total. The summed E-state index contributed by atoms with van der Waals surface area (Å²) < 4.78 is 15.3. The lowest BCUT2D eigenvalue weighted by molar-refractivity contribution is -0.143. The zero-order valence-electron chi connectivity index (χ0n) is 9.49. The Balaban J connectivity index is 2.67. The van der Waals surface area contributed by atoms with Gasteiger partial charge in [-0.15, -0.1) is 0 Å². The molecular formula is C11H18O4. The van der Waals surface area contributed by atoms with Gasteiger partial charge in [-0.25, -0.2) is 4.79 Å². The highest BCUT2D eigenvalue weighted by Gasteiger charge is 2.29. The second kappa shape index (κ2) is 5.75. The molecule has 0 aromatic heterocycles. The van der Waals surface area contributed by atoms with Crippen LogP contribution in [0.4, 0.5) is 0 Å². The Hall–Kier alpha value is -1.03. The van der Waals surface area contributed by atoms with Gasteiger partial charge in [0.2, 0.25) is 0 Å². The third-order valence-corrected chi connectivity index (χ3v) is 2.53. The van der Waals surface area contributed by atoms with E-state index in [9.17, 15) is 4.79 Å². The van der Waals surface area contributed by atoms with E-state index < -0.39 is 0 Å². The van der Waals surface area contributed by atoms with Gasteiger partial charge in [0.25, 0.3) is 0 Å². The van der Waals surface area contributed by atoms with Gasteiger partial charge >= 0.3 is 5.97 Å². The molecule has 0 aromatic carbocycles. The molecule has 0 saturated carbocycles. The molecule has 0 unspecified atom stereocenters. The average molecular weight is 214 g/mol. The van der Waals surface area contributed by atoms with Crippen LogP contribution in [-0.2, 0) is 19.0 Å². The van der Waals surface area contributed by atoms with E-state index in [1.807, 2.05) is 13.8 Å². The highest BCUT2D eigenvalue weighted by molar-refractivity contribution is 5.88. The summed E-state index contributed by atoms with van der Waals surface area (Å²) >= 11 is 0. The van der Waals surface area contributed by atoms with Crippen LogP contribution < -0.4 is 0 Å². The molecule has 0 radical (unpaired) electrons. The van der Waals surface area contributed by atoms with Crippen molar-refractivity contribution >= 4 is 5.97 Å². The maximum Gasteiger partial charge on any atom is 0.337 e. The van der Waals surface area contributed by atoms with Gasteiger partial charge < -0.3 is 14.2 Å². The lowest BCUT2D eigenvalue weighted by Gasteiger charge is -2.27. The predicted octanol–water partition coefficient (Wildman–Crippen LogP) is 1.85. The van der Waals surface area contributed by atoms with Crippen molar-refractivity contribution in [2.45, 2.75) is 33.0 Å². The summed E-state index contributed by atoms with van der Waals surface area (Å²) in [5.74, 6) is -0.139. The van der Waals surface area contributed by atoms with E-state index in [1.54, 1.807) is 0 Å². The Bertz CT molecular complexity index is 247. The molecule has 1 rings (SSSR count). The Labute approximate surface area is 90.2 Å². The third-order valence-electron chi connectivity index (χ3n) is 2.53. The fourth-order valence-corrected chi connectivity index (χ4v) is 1.67. The van der Waals surface area contributed by atoms with E-state index in [2.05, 4.69) is 4.74 Å². The van der Waals surface area contributed by atoms with Crippen molar-refractivity contribution in [1.82, 2.24) is 0 Å². The minimum absolute atomic E-state index is 0.169. The van der Waals surface area contributed by atoms with Crippen LogP contribution in [0.3, 0.4) is 0 Å². The number of hydrogen-bond acceptors (Lipinski definition) is 4. The number of ether oxygens (including phenoxy) is 3. The number of hydrogen-bond donors (Lipinski definition) is 0. The number of esters is 1. The molecule has 0 amide bonds. The third kappa shape index (κ3) is 2.96. The SMILES string of the molecule is CCO[C@H]1C[C@H](CC)C(C(=O)OC)=CO1. The van der Waals surface area contributed by atoms with E-state index >= 15 is 0 Å². The summed E-state index contributed by atoms with van der Waals surface area (Å²) in [6, 6.07) is 0. The van der Waals surface area contributed by atoms with Crippen molar-refractivity contribution in [3.63, 3.8) is 0 Å². The molecule has 0 aliphatic carbocycles. The van der Waals surface area contributed by atoms with Gasteiger partial charge in [0.15, 0.2) is 6.29 Å². The molecule has 0 fully saturated rings. The molecular weight excluding hydrogens is 196 g/mol. The largest absolute Gasteiger partial charge is 0.472 e. The Morgan fingerprint density at radius 1 is 1.60 bits per heavy atom. The van der Waals surface area contributed by atoms with Crippen molar-refractivity contribution < 1.29 is 19.0 Å². The first-order valence-corrected chi connectivity index (χ1v) is 5.28. The average Bonchev–Trinajstić information content (AvgIpc) is 2.28. The van der Waals surface area contributed by atoms with Crippen LogP contribution >= 0.6 is 0 Å². The van der Waals surface area contributed by atoms with Crippen LogP contribution in [-0.4, -0.2) is 26.0 Å². The lowest BCUT2D eigenvalue weighted by Crippen LogP contribution is -2.28. The molecule has 4 nitrogen and oxygen atoms in total. The molecule has 1 aliphatic heterocycles. The van der Waals surface area contributed by atoms with Gasteiger partial charge in [0, 0.05) is 13.0 Å². The van der Waals surface area contributed by atoms with Crippen LogP contribution in [0.1, 0.15) is 26.7 Å². The van der Waals surface area contributed by atoms with E-state index in [0.29, 0.717) is 18.6 Å². The molecule has 0 bridgehead atoms. The maximum absolute atomic E-state index is 11.4. The van der Waals surface area contributed by atoms with Crippen LogP contribution in [0.5, 0.6) is 0 Å². The second-order valence-corrected chi connectivity index (χ2v) is 3.43. The molecule has 0 aromatic rings. The highest BCUT2D eigenvalue weighted by Crippen LogP contribution is 2.28. The van der Waals surface area contributed by atoms with Crippen molar-refractivity contribution in [2.75, 3.05) is 13.7 Å². The van der Waals surface area contributed by atoms with Gasteiger partial charge in [0.05, 0.1) is 18.9 Å². The van der Waals surface area contributed by atoms with E-state index in [-0.39, 0.29) is 18.2 Å². The molecule has 2 atom stereocenters. The van der Waals surface area contributed by atoms with Crippen molar-refractivity contribution in [2.24, 2.45) is 5.92 Å². The minimum atomic E-state index is -0.309. The van der Waals surface area contributed by atoms with E-state index in [4.69, 9.17) is 9.47 Å². The van der Waals surface area contributed by atoms with Gasteiger partial charge in [-0.3, -0.25) is 0 Å².